The van der Waals surface area contributed by atoms with Gasteiger partial charge in [0.25, 0.3) is 0 Å². The van der Waals surface area contributed by atoms with E-state index < -0.39 is 5.60 Å². The maximum absolute atomic E-state index is 13.3. The van der Waals surface area contributed by atoms with Crippen LogP contribution < -0.4 is 9.64 Å². The van der Waals surface area contributed by atoms with E-state index in [2.05, 4.69) is 80.3 Å². The molecule has 0 fully saturated rings. The van der Waals surface area contributed by atoms with E-state index in [1.807, 2.05) is 42.5 Å². The third-order valence-electron chi connectivity index (χ3n) is 8.62. The topological polar surface area (TPSA) is 38.8 Å². The van der Waals surface area contributed by atoms with Crippen LogP contribution in [0.5, 0.6) is 11.5 Å². The number of aryl methyl sites for hydroxylation is 1. The number of nitrogens with zero attached hydrogens (tertiary/aromatic N) is 1. The van der Waals surface area contributed by atoms with Crippen molar-refractivity contribution in [1.82, 2.24) is 0 Å². The zero-order valence-corrected chi connectivity index (χ0v) is 22.1. The second kappa shape index (κ2) is 7.51. The van der Waals surface area contributed by atoms with Gasteiger partial charge in [0.2, 0.25) is 0 Å². The van der Waals surface area contributed by atoms with E-state index in [1.165, 1.54) is 16.8 Å². The minimum atomic E-state index is -1.09. The van der Waals surface area contributed by atoms with Crippen molar-refractivity contribution in [2.45, 2.75) is 31.8 Å². The van der Waals surface area contributed by atoms with Crippen LogP contribution in [0.25, 0.3) is 10.8 Å². The van der Waals surface area contributed by atoms with Crippen LogP contribution in [0.4, 0.5) is 11.4 Å². The first-order valence-electron chi connectivity index (χ1n) is 13.4. The molecule has 1 atom stereocenters. The predicted molar refractivity (Wildman–Crippen MR) is 153 cm³/mol. The zero-order chi connectivity index (χ0) is 26.5. The first-order chi connectivity index (χ1) is 18.9. The second-order valence-corrected chi connectivity index (χ2v) is 11.5. The summed E-state index contributed by atoms with van der Waals surface area (Å²) in [6.45, 7) is 7.61. The van der Waals surface area contributed by atoms with Gasteiger partial charge in [-0.2, -0.15) is 0 Å². The Morgan fingerprint density at radius 2 is 1.59 bits per heavy atom. The van der Waals surface area contributed by atoms with Gasteiger partial charge in [-0.25, -0.2) is 4.79 Å². The standard InChI is InChI=1S/C35H27NO3/c1-21-12-16-29-28(18-21)34(2,3)20-36(29)23-14-15-27-31(19-23)38-30-17-13-22-8-4-5-9-24(22)32(30)35(27)26-11-7-6-10-25(26)33(37)39-35/h4-19H,20H2,1-3H3. The van der Waals surface area contributed by atoms with E-state index in [9.17, 15) is 4.79 Å². The van der Waals surface area contributed by atoms with Crippen molar-refractivity contribution in [3.05, 3.63) is 130 Å². The normalized spacial score (nSPS) is 19.8. The Bertz CT molecular complexity index is 1870. The monoisotopic (exact) mass is 509 g/mol. The SMILES string of the molecule is Cc1ccc2c(c1)C(C)(C)CN2c1ccc2c(c1)Oc1ccc3ccccc3c1C21OC(=O)c2ccccc21. The van der Waals surface area contributed by atoms with Gasteiger partial charge in [0.05, 0.1) is 11.1 Å². The molecule has 4 heteroatoms. The van der Waals surface area contributed by atoms with Crippen LogP contribution in [-0.4, -0.2) is 12.5 Å². The van der Waals surface area contributed by atoms with E-state index in [4.69, 9.17) is 9.47 Å². The van der Waals surface area contributed by atoms with Crippen molar-refractivity contribution in [2.24, 2.45) is 0 Å². The lowest BCUT2D eigenvalue weighted by Crippen LogP contribution is -2.33. The molecule has 0 aliphatic carbocycles. The van der Waals surface area contributed by atoms with Crippen LogP contribution in [0.15, 0.2) is 97.1 Å². The summed E-state index contributed by atoms with van der Waals surface area (Å²) in [5, 5.41) is 2.09. The summed E-state index contributed by atoms with van der Waals surface area (Å²) in [4.78, 5) is 15.7. The van der Waals surface area contributed by atoms with Crippen molar-refractivity contribution in [3.8, 4) is 11.5 Å². The number of benzene rings is 5. The fourth-order valence-corrected chi connectivity index (χ4v) is 6.83. The molecule has 0 N–H and O–H groups in total. The molecule has 0 bridgehead atoms. The lowest BCUT2D eigenvalue weighted by molar-refractivity contribution is 0.0229. The van der Waals surface area contributed by atoms with Gasteiger partial charge in [-0.1, -0.05) is 80.1 Å². The number of carbonyl (C=O) groups is 1. The fourth-order valence-electron chi connectivity index (χ4n) is 6.83. The van der Waals surface area contributed by atoms with Crippen LogP contribution >= 0.6 is 0 Å². The molecule has 5 aromatic carbocycles. The van der Waals surface area contributed by atoms with E-state index in [0.29, 0.717) is 17.1 Å². The number of ether oxygens (including phenoxy) is 2. The Morgan fingerprint density at radius 1 is 0.769 bits per heavy atom. The smallest absolute Gasteiger partial charge is 0.340 e. The number of esters is 1. The van der Waals surface area contributed by atoms with Crippen molar-refractivity contribution in [1.29, 1.82) is 0 Å². The third kappa shape index (κ3) is 2.92. The maximum atomic E-state index is 13.3. The fraction of sp³-hybridized carbons (Fsp3) is 0.171. The first kappa shape index (κ1) is 22.4. The van der Waals surface area contributed by atoms with Crippen LogP contribution in [-0.2, 0) is 15.8 Å². The molecule has 4 nitrogen and oxygen atoms in total. The highest BCUT2D eigenvalue weighted by molar-refractivity contribution is 6.00. The van der Waals surface area contributed by atoms with E-state index >= 15 is 0 Å². The van der Waals surface area contributed by atoms with Gasteiger partial charge in [0.1, 0.15) is 11.5 Å². The van der Waals surface area contributed by atoms with Gasteiger partial charge >= 0.3 is 5.97 Å². The largest absolute Gasteiger partial charge is 0.456 e. The summed E-state index contributed by atoms with van der Waals surface area (Å²) >= 11 is 0. The van der Waals surface area contributed by atoms with Gasteiger partial charge in [-0.05, 0) is 53.6 Å². The van der Waals surface area contributed by atoms with Gasteiger partial charge in [0, 0.05) is 40.5 Å². The summed E-state index contributed by atoms with van der Waals surface area (Å²) in [5.41, 5.74) is 7.00. The molecule has 3 heterocycles. The van der Waals surface area contributed by atoms with Gasteiger partial charge in [0.15, 0.2) is 5.60 Å². The van der Waals surface area contributed by atoms with Crippen molar-refractivity contribution >= 4 is 28.1 Å². The minimum absolute atomic E-state index is 0.0186. The Kier molecular flexibility index (Phi) is 4.32. The van der Waals surface area contributed by atoms with E-state index in [1.54, 1.807) is 0 Å². The molecule has 8 rings (SSSR count). The number of hydrogen-bond acceptors (Lipinski definition) is 4. The highest BCUT2D eigenvalue weighted by atomic mass is 16.6. The molecule has 190 valence electrons. The van der Waals surface area contributed by atoms with Crippen LogP contribution in [0.2, 0.25) is 0 Å². The van der Waals surface area contributed by atoms with Crippen molar-refractivity contribution in [2.75, 3.05) is 11.4 Å². The summed E-state index contributed by atoms with van der Waals surface area (Å²) < 4.78 is 13.1. The van der Waals surface area contributed by atoms with Gasteiger partial charge in [-0.3, -0.25) is 0 Å². The predicted octanol–water partition coefficient (Wildman–Crippen LogP) is 8.15. The molecule has 0 saturated heterocycles. The third-order valence-corrected chi connectivity index (χ3v) is 8.62. The van der Waals surface area contributed by atoms with Crippen LogP contribution in [0.1, 0.15) is 52.0 Å². The van der Waals surface area contributed by atoms with E-state index in [-0.39, 0.29) is 11.4 Å². The number of rotatable bonds is 1. The Morgan fingerprint density at radius 3 is 2.49 bits per heavy atom. The lowest BCUT2D eigenvalue weighted by atomic mass is 9.76. The zero-order valence-electron chi connectivity index (χ0n) is 22.1. The number of fused-ring (bicyclic) bond motifs is 9. The second-order valence-electron chi connectivity index (χ2n) is 11.5. The minimum Gasteiger partial charge on any atom is -0.456 e. The Labute approximate surface area is 227 Å². The molecule has 1 unspecified atom stereocenters. The van der Waals surface area contributed by atoms with Gasteiger partial charge in [-0.15, -0.1) is 0 Å². The van der Waals surface area contributed by atoms with E-state index in [0.717, 1.165) is 39.7 Å². The molecular weight excluding hydrogens is 482 g/mol. The summed E-state index contributed by atoms with van der Waals surface area (Å²) in [6.07, 6.45) is 0. The lowest BCUT2D eigenvalue weighted by Gasteiger charge is -2.38. The number of anilines is 2. The molecule has 0 saturated carbocycles. The maximum Gasteiger partial charge on any atom is 0.340 e. The van der Waals surface area contributed by atoms with Gasteiger partial charge < -0.3 is 14.4 Å². The summed E-state index contributed by atoms with van der Waals surface area (Å²) in [7, 11) is 0. The quantitative estimate of drug-likeness (QED) is 0.214. The average Bonchev–Trinajstić information content (AvgIpc) is 3.38. The molecule has 5 aromatic rings. The van der Waals surface area contributed by atoms with Crippen LogP contribution in [0, 0.1) is 6.92 Å². The first-order valence-corrected chi connectivity index (χ1v) is 13.4. The Hall–Kier alpha value is -4.57. The summed E-state index contributed by atoms with van der Waals surface area (Å²) in [5.74, 6) is 1.10. The average molecular weight is 510 g/mol. The molecule has 3 aliphatic heterocycles. The summed E-state index contributed by atoms with van der Waals surface area (Å²) in [6, 6.07) is 33.0. The molecule has 39 heavy (non-hydrogen) atoms. The highest BCUT2D eigenvalue weighted by Crippen LogP contribution is 2.58. The van der Waals surface area contributed by atoms with Crippen molar-refractivity contribution in [3.63, 3.8) is 0 Å². The number of hydrogen-bond donors (Lipinski definition) is 0. The molecular formula is C35H27NO3. The highest BCUT2D eigenvalue weighted by Gasteiger charge is 2.54. The van der Waals surface area contributed by atoms with Crippen LogP contribution in [0.3, 0.4) is 0 Å². The molecule has 0 radical (unpaired) electrons. The molecule has 3 aliphatic rings. The molecule has 1 spiro atoms. The molecule has 0 amide bonds. The number of carbonyl (C=O) groups excluding carboxylic acids is 1. The molecule has 0 aromatic heterocycles. The Balaban J connectivity index is 1.37. The van der Waals surface area contributed by atoms with Crippen molar-refractivity contribution < 1.29 is 14.3 Å².